The van der Waals surface area contributed by atoms with Gasteiger partial charge in [-0.2, -0.15) is 0 Å². The summed E-state index contributed by atoms with van der Waals surface area (Å²) >= 11 is 1.35. The first kappa shape index (κ1) is 21.5. The normalized spacial score (nSPS) is 23.7. The zero-order chi connectivity index (χ0) is 23.4. The molecule has 8 heteroatoms. The van der Waals surface area contributed by atoms with Crippen LogP contribution in [0.3, 0.4) is 0 Å². The number of benzene rings is 2. The van der Waals surface area contributed by atoms with Gasteiger partial charge in [0.25, 0.3) is 17.7 Å². The van der Waals surface area contributed by atoms with Crippen LogP contribution in [0.1, 0.15) is 37.4 Å². The maximum absolute atomic E-state index is 13.3. The first-order valence-electron chi connectivity index (χ1n) is 10.6. The Balaban J connectivity index is 1.47. The standard InChI is InChI=1S/C25H22N2O5S/c1-13-8-9-14(2)15(10-13)11-16-12-33-24-20(23(30)27(24)19(16)25(31)32-3)26-21(28)17-6-4-5-7-18(17)22(26)29/h4-10,12,19-20,24H,11H2,1-3H3/t19-,20-,24-/m1/s1. The Hall–Kier alpha value is -3.39. The van der Waals surface area contributed by atoms with Crippen LogP contribution in [0.5, 0.6) is 0 Å². The van der Waals surface area contributed by atoms with Crippen LogP contribution < -0.4 is 0 Å². The zero-order valence-electron chi connectivity index (χ0n) is 18.4. The number of carbonyl (C=O) groups excluding carboxylic acids is 4. The molecule has 0 aliphatic carbocycles. The predicted molar refractivity (Wildman–Crippen MR) is 122 cm³/mol. The molecular weight excluding hydrogens is 440 g/mol. The van der Waals surface area contributed by atoms with Gasteiger partial charge in [-0.25, -0.2) is 4.79 Å². The summed E-state index contributed by atoms with van der Waals surface area (Å²) < 4.78 is 5.04. The molecular formula is C25H22N2O5S. The van der Waals surface area contributed by atoms with E-state index in [1.54, 1.807) is 24.3 Å². The highest BCUT2D eigenvalue weighted by molar-refractivity contribution is 8.03. The van der Waals surface area contributed by atoms with E-state index in [2.05, 4.69) is 6.07 Å². The number of aryl methyl sites for hydroxylation is 2. The van der Waals surface area contributed by atoms with Crippen molar-refractivity contribution in [2.45, 2.75) is 37.7 Å². The first-order valence-corrected chi connectivity index (χ1v) is 11.5. The molecule has 0 unspecified atom stereocenters. The van der Waals surface area contributed by atoms with Crippen molar-refractivity contribution >= 4 is 35.5 Å². The van der Waals surface area contributed by atoms with E-state index in [1.165, 1.54) is 23.8 Å². The monoisotopic (exact) mass is 462 g/mol. The summed E-state index contributed by atoms with van der Waals surface area (Å²) in [6.07, 6.45) is 0.495. The number of imide groups is 1. The maximum Gasteiger partial charge on any atom is 0.333 e. The number of fused-ring (bicyclic) bond motifs is 2. The molecule has 0 saturated carbocycles. The largest absolute Gasteiger partial charge is 0.467 e. The number of nitrogens with zero attached hydrogens (tertiary/aromatic N) is 2. The Labute approximate surface area is 195 Å². The van der Waals surface area contributed by atoms with Crippen LogP contribution in [-0.4, -0.2) is 58.1 Å². The van der Waals surface area contributed by atoms with E-state index < -0.39 is 41.1 Å². The molecule has 2 aromatic carbocycles. The molecule has 168 valence electrons. The number of thioether (sulfide) groups is 1. The first-order chi connectivity index (χ1) is 15.8. The van der Waals surface area contributed by atoms with Gasteiger partial charge in [0.15, 0.2) is 6.04 Å². The number of hydrogen-bond donors (Lipinski definition) is 0. The highest BCUT2D eigenvalue weighted by Gasteiger charge is 2.61. The van der Waals surface area contributed by atoms with Gasteiger partial charge in [-0.1, -0.05) is 35.9 Å². The van der Waals surface area contributed by atoms with Gasteiger partial charge in [0.05, 0.1) is 18.2 Å². The third-order valence-corrected chi connectivity index (χ3v) is 7.67. The fraction of sp³-hybridized carbons (Fsp3) is 0.280. The lowest BCUT2D eigenvalue weighted by atomic mass is 9.91. The van der Waals surface area contributed by atoms with E-state index in [4.69, 9.17) is 4.74 Å². The lowest BCUT2D eigenvalue weighted by Gasteiger charge is -2.53. The topological polar surface area (TPSA) is 84.0 Å². The quantitative estimate of drug-likeness (QED) is 0.395. The van der Waals surface area contributed by atoms with Crippen LogP contribution in [0.4, 0.5) is 0 Å². The summed E-state index contributed by atoms with van der Waals surface area (Å²) in [5.74, 6) is -1.92. The highest BCUT2D eigenvalue weighted by Crippen LogP contribution is 2.45. The molecule has 5 rings (SSSR count). The molecule has 3 aliphatic rings. The molecule has 1 saturated heterocycles. The predicted octanol–water partition coefficient (Wildman–Crippen LogP) is 2.85. The minimum atomic E-state index is -0.951. The van der Waals surface area contributed by atoms with Crippen molar-refractivity contribution in [3.8, 4) is 0 Å². The number of hydrogen-bond acceptors (Lipinski definition) is 6. The summed E-state index contributed by atoms with van der Waals surface area (Å²) in [4.78, 5) is 54.4. The maximum atomic E-state index is 13.3. The van der Waals surface area contributed by atoms with Crippen molar-refractivity contribution in [1.29, 1.82) is 0 Å². The summed E-state index contributed by atoms with van der Waals surface area (Å²) in [7, 11) is 1.29. The molecule has 3 heterocycles. The Kier molecular flexibility index (Phi) is 5.12. The summed E-state index contributed by atoms with van der Waals surface area (Å²) in [6.45, 7) is 4.01. The van der Waals surface area contributed by atoms with E-state index in [0.717, 1.165) is 27.2 Å². The average molecular weight is 463 g/mol. The summed E-state index contributed by atoms with van der Waals surface area (Å²) in [5.41, 5.74) is 4.62. The molecule has 0 spiro atoms. The van der Waals surface area contributed by atoms with Crippen molar-refractivity contribution < 1.29 is 23.9 Å². The fourth-order valence-corrected chi connectivity index (χ4v) is 5.98. The number of ether oxygens (including phenoxy) is 1. The number of β-lactam (4-membered cyclic amide) rings is 1. The Morgan fingerprint density at radius 2 is 1.70 bits per heavy atom. The van der Waals surface area contributed by atoms with Crippen molar-refractivity contribution in [1.82, 2.24) is 9.80 Å². The second-order valence-corrected chi connectivity index (χ2v) is 9.46. The Morgan fingerprint density at radius 1 is 1.03 bits per heavy atom. The number of methoxy groups -OCH3 is 1. The lowest BCUT2D eigenvalue weighted by molar-refractivity contribution is -0.163. The average Bonchev–Trinajstić information content (AvgIpc) is 3.06. The number of rotatable bonds is 4. The molecule has 0 N–H and O–H groups in total. The zero-order valence-corrected chi connectivity index (χ0v) is 19.2. The van der Waals surface area contributed by atoms with Crippen molar-refractivity contribution in [2.75, 3.05) is 7.11 Å². The third-order valence-electron chi connectivity index (χ3n) is 6.47. The van der Waals surface area contributed by atoms with Crippen molar-refractivity contribution in [3.63, 3.8) is 0 Å². The highest BCUT2D eigenvalue weighted by atomic mass is 32.2. The Morgan fingerprint density at radius 3 is 2.33 bits per heavy atom. The lowest BCUT2D eigenvalue weighted by Crippen LogP contribution is -2.74. The van der Waals surface area contributed by atoms with E-state index in [0.29, 0.717) is 17.5 Å². The molecule has 33 heavy (non-hydrogen) atoms. The molecule has 2 aromatic rings. The molecule has 3 amide bonds. The number of esters is 1. The van der Waals surface area contributed by atoms with Crippen LogP contribution in [0.15, 0.2) is 53.4 Å². The van der Waals surface area contributed by atoms with Gasteiger partial charge in [0, 0.05) is 0 Å². The second kappa shape index (κ2) is 7.88. The minimum absolute atomic E-state index is 0.297. The fourth-order valence-electron chi connectivity index (χ4n) is 4.71. The smallest absolute Gasteiger partial charge is 0.333 e. The van der Waals surface area contributed by atoms with E-state index in [9.17, 15) is 19.2 Å². The second-order valence-electron chi connectivity index (χ2n) is 8.47. The third kappa shape index (κ3) is 3.20. The molecule has 0 bridgehead atoms. The van der Waals surface area contributed by atoms with Gasteiger partial charge >= 0.3 is 5.97 Å². The SMILES string of the molecule is COC(=O)[C@H]1C(Cc2cc(C)ccc2C)=CS[C@@H]2[C@H](N3C(=O)c4ccccc4C3=O)C(=O)N12. The van der Waals surface area contributed by atoms with Gasteiger partial charge < -0.3 is 9.64 Å². The van der Waals surface area contributed by atoms with Crippen LogP contribution in [0, 0.1) is 13.8 Å². The molecule has 0 aromatic heterocycles. The minimum Gasteiger partial charge on any atom is -0.467 e. The van der Waals surface area contributed by atoms with Gasteiger partial charge in [-0.15, -0.1) is 11.8 Å². The van der Waals surface area contributed by atoms with Crippen LogP contribution >= 0.6 is 11.8 Å². The van der Waals surface area contributed by atoms with E-state index >= 15 is 0 Å². The van der Waals surface area contributed by atoms with E-state index in [-0.39, 0.29) is 0 Å². The number of carbonyl (C=O) groups is 4. The van der Waals surface area contributed by atoms with Gasteiger partial charge in [-0.05, 0) is 54.5 Å². The van der Waals surface area contributed by atoms with E-state index in [1.807, 2.05) is 31.4 Å². The van der Waals surface area contributed by atoms with Crippen LogP contribution in [-0.2, 0) is 20.7 Å². The Bertz CT molecular complexity index is 1220. The van der Waals surface area contributed by atoms with Gasteiger partial charge in [0.2, 0.25) is 0 Å². The number of amides is 3. The van der Waals surface area contributed by atoms with Crippen molar-refractivity contribution in [2.24, 2.45) is 0 Å². The molecule has 3 aliphatic heterocycles. The van der Waals surface area contributed by atoms with Gasteiger partial charge in [0.1, 0.15) is 11.4 Å². The summed E-state index contributed by atoms with van der Waals surface area (Å²) in [5, 5.41) is 1.34. The summed E-state index contributed by atoms with van der Waals surface area (Å²) in [6, 6.07) is 10.8. The van der Waals surface area contributed by atoms with Crippen LogP contribution in [0.2, 0.25) is 0 Å². The van der Waals surface area contributed by atoms with Crippen molar-refractivity contribution in [3.05, 3.63) is 81.3 Å². The van der Waals surface area contributed by atoms with Crippen LogP contribution in [0.25, 0.3) is 0 Å². The van der Waals surface area contributed by atoms with Gasteiger partial charge in [-0.3, -0.25) is 19.3 Å². The molecule has 7 nitrogen and oxygen atoms in total. The molecule has 1 fully saturated rings. The molecule has 0 radical (unpaired) electrons. The molecule has 3 atom stereocenters.